The average Bonchev–Trinajstić information content (AvgIpc) is 3.00. The van der Waals surface area contributed by atoms with Gasteiger partial charge in [0.2, 0.25) is 0 Å². The molecule has 0 saturated carbocycles. The fourth-order valence-corrected chi connectivity index (χ4v) is 3.77. The molecule has 0 bridgehead atoms. The summed E-state index contributed by atoms with van der Waals surface area (Å²) in [5, 5.41) is 29.9. The normalized spacial score (nSPS) is 13.5. The van der Waals surface area contributed by atoms with E-state index in [1.165, 1.54) is 12.1 Å². The average molecular weight is 435 g/mol. The zero-order valence-electron chi connectivity index (χ0n) is 17.0. The molecule has 7 heteroatoms. The number of hydrogen-bond acceptors (Lipinski definition) is 3. The number of aliphatic hydroxyl groups excluding tert-OH is 2. The Balaban J connectivity index is 0.00000341. The predicted octanol–water partition coefficient (Wildman–Crippen LogP) is 3.98. The summed E-state index contributed by atoms with van der Waals surface area (Å²) in [6.45, 7) is 4.12. The van der Waals surface area contributed by atoms with Gasteiger partial charge >= 0.3 is 35.5 Å². The minimum atomic E-state index is -1.13. The van der Waals surface area contributed by atoms with Gasteiger partial charge in [-0.2, -0.15) is 0 Å². The molecule has 5 nitrogen and oxygen atoms in total. The van der Waals surface area contributed by atoms with Gasteiger partial charge in [0.05, 0.1) is 18.6 Å². The van der Waals surface area contributed by atoms with Crippen molar-refractivity contribution in [2.24, 2.45) is 0 Å². The number of rotatable bonds is 8. The maximum absolute atomic E-state index is 13.5. The molecule has 0 spiro atoms. The molecule has 0 fully saturated rings. The topological polar surface area (TPSA) is 82.7 Å². The zero-order valence-corrected chi connectivity index (χ0v) is 17.0. The molecule has 0 aliphatic carbocycles. The molecule has 0 amide bonds. The van der Waals surface area contributed by atoms with E-state index in [0.29, 0.717) is 0 Å². The Morgan fingerprint density at radius 3 is 2.35 bits per heavy atom. The van der Waals surface area contributed by atoms with Gasteiger partial charge in [0.25, 0.3) is 0 Å². The van der Waals surface area contributed by atoms with Gasteiger partial charge in [-0.05, 0) is 43.7 Å². The molecule has 2 aromatic carbocycles. The molecule has 0 saturated heterocycles. The van der Waals surface area contributed by atoms with Gasteiger partial charge in [-0.25, -0.2) is 4.39 Å². The van der Waals surface area contributed by atoms with Crippen molar-refractivity contribution in [3.63, 3.8) is 0 Å². The summed E-state index contributed by atoms with van der Waals surface area (Å²) in [4.78, 5) is 10.7. The molecule has 0 aliphatic rings. The van der Waals surface area contributed by atoms with Gasteiger partial charge in [0.1, 0.15) is 5.82 Å². The first-order valence-electron chi connectivity index (χ1n) is 9.93. The fourth-order valence-electron chi connectivity index (χ4n) is 3.77. The van der Waals surface area contributed by atoms with Crippen LogP contribution in [-0.4, -0.2) is 67.6 Å². The third-order valence-corrected chi connectivity index (χ3v) is 5.00. The maximum atomic E-state index is 13.5. The van der Waals surface area contributed by atoms with E-state index >= 15 is 0 Å². The molecular formula is C24H27FNNaO4. The number of carboxylic acids is 1. The van der Waals surface area contributed by atoms with E-state index in [9.17, 15) is 19.4 Å². The third kappa shape index (κ3) is 6.05. The van der Waals surface area contributed by atoms with Gasteiger partial charge in [0, 0.05) is 34.6 Å². The number of para-hydroxylation sites is 1. The number of halogens is 1. The third-order valence-electron chi connectivity index (χ3n) is 5.00. The second kappa shape index (κ2) is 11.1. The van der Waals surface area contributed by atoms with Crippen LogP contribution in [0.2, 0.25) is 0 Å². The Kier molecular flexibility index (Phi) is 9.03. The summed E-state index contributed by atoms with van der Waals surface area (Å²) in [6, 6.07) is 14.4. The Morgan fingerprint density at radius 1 is 1.10 bits per heavy atom. The summed E-state index contributed by atoms with van der Waals surface area (Å²) in [5.74, 6) is -1.43. The first-order chi connectivity index (χ1) is 14.3. The Morgan fingerprint density at radius 2 is 1.74 bits per heavy atom. The van der Waals surface area contributed by atoms with Crippen molar-refractivity contribution in [1.29, 1.82) is 0 Å². The summed E-state index contributed by atoms with van der Waals surface area (Å²) in [5.41, 5.74) is 3.65. The predicted molar refractivity (Wildman–Crippen MR) is 123 cm³/mol. The van der Waals surface area contributed by atoms with Gasteiger partial charge in [-0.15, -0.1) is 0 Å². The van der Waals surface area contributed by atoms with Crippen molar-refractivity contribution in [3.8, 4) is 11.1 Å². The van der Waals surface area contributed by atoms with Crippen LogP contribution in [0.15, 0.2) is 54.6 Å². The van der Waals surface area contributed by atoms with Crippen LogP contribution in [0.5, 0.6) is 0 Å². The Hall–Kier alpha value is -1.96. The molecule has 3 N–H and O–H groups in total. The SMILES string of the molecule is CC(C)n1c(/C=C/C(O)CC(O)CC(=O)O)c(-c2ccc(F)cc2)c2ccccc21.[NaH]. The van der Waals surface area contributed by atoms with E-state index < -0.39 is 24.6 Å². The summed E-state index contributed by atoms with van der Waals surface area (Å²) >= 11 is 0. The van der Waals surface area contributed by atoms with Crippen molar-refractivity contribution in [2.45, 2.75) is 44.9 Å². The second-order valence-corrected chi connectivity index (χ2v) is 7.66. The van der Waals surface area contributed by atoms with Crippen molar-refractivity contribution in [1.82, 2.24) is 4.57 Å². The molecule has 160 valence electrons. The van der Waals surface area contributed by atoms with Crippen LogP contribution in [0.4, 0.5) is 4.39 Å². The number of fused-ring (bicyclic) bond motifs is 1. The molecule has 2 unspecified atom stereocenters. The Bertz CT molecular complexity index is 1060. The first-order valence-corrected chi connectivity index (χ1v) is 9.93. The summed E-state index contributed by atoms with van der Waals surface area (Å²) in [7, 11) is 0. The number of aliphatic hydroxyl groups is 2. The summed E-state index contributed by atoms with van der Waals surface area (Å²) < 4.78 is 15.6. The zero-order chi connectivity index (χ0) is 21.8. The number of nitrogens with zero attached hydrogens (tertiary/aromatic N) is 1. The monoisotopic (exact) mass is 435 g/mol. The van der Waals surface area contributed by atoms with E-state index in [4.69, 9.17) is 5.11 Å². The molecular weight excluding hydrogens is 408 g/mol. The molecule has 3 rings (SSSR count). The molecule has 31 heavy (non-hydrogen) atoms. The molecule has 0 aliphatic heterocycles. The van der Waals surface area contributed by atoms with E-state index in [2.05, 4.69) is 18.4 Å². The molecule has 1 aromatic heterocycles. The number of carbonyl (C=O) groups is 1. The van der Waals surface area contributed by atoms with Crippen LogP contribution >= 0.6 is 0 Å². The second-order valence-electron chi connectivity index (χ2n) is 7.66. The van der Waals surface area contributed by atoms with Crippen LogP contribution in [0, 0.1) is 5.82 Å². The van der Waals surface area contributed by atoms with Crippen molar-refractivity contribution in [2.75, 3.05) is 0 Å². The standard InChI is InChI=1S/C24H26FNO4.Na.H/c1-15(2)26-21-6-4-3-5-20(21)24(16-7-9-17(25)10-8-16)22(26)12-11-18(27)13-19(28)14-23(29)30;;/h3-12,15,18-19,27-28H,13-14H2,1-2H3,(H,29,30);;/b12-11+;;. The first kappa shape index (κ1) is 25.3. The van der Waals surface area contributed by atoms with Crippen molar-refractivity contribution < 1.29 is 24.5 Å². The van der Waals surface area contributed by atoms with Gasteiger partial charge in [-0.3, -0.25) is 4.79 Å². The number of aliphatic carboxylic acids is 1. The minimum absolute atomic E-state index is 0. The quantitative estimate of drug-likeness (QED) is 0.468. The number of benzene rings is 2. The number of hydrogen-bond donors (Lipinski definition) is 3. The van der Waals surface area contributed by atoms with E-state index in [-0.39, 0.29) is 47.8 Å². The molecule has 2 atom stereocenters. The molecule has 1 heterocycles. The van der Waals surface area contributed by atoms with Crippen LogP contribution < -0.4 is 0 Å². The Labute approximate surface area is 203 Å². The van der Waals surface area contributed by atoms with Gasteiger partial charge in [-0.1, -0.05) is 36.4 Å². The van der Waals surface area contributed by atoms with Crippen molar-refractivity contribution in [3.05, 3.63) is 66.1 Å². The van der Waals surface area contributed by atoms with Crippen LogP contribution in [0.25, 0.3) is 28.1 Å². The number of aromatic nitrogens is 1. The van der Waals surface area contributed by atoms with Gasteiger partial charge < -0.3 is 19.9 Å². The summed E-state index contributed by atoms with van der Waals surface area (Å²) in [6.07, 6.45) is 0.727. The van der Waals surface area contributed by atoms with Crippen molar-refractivity contribution >= 4 is 52.5 Å². The fraction of sp³-hybridized carbons (Fsp3) is 0.292. The van der Waals surface area contributed by atoms with E-state index in [0.717, 1.165) is 27.7 Å². The van der Waals surface area contributed by atoms with Gasteiger partial charge in [0.15, 0.2) is 0 Å². The number of carboxylic acid groups (broad SMARTS) is 1. The molecule has 0 radical (unpaired) electrons. The van der Waals surface area contributed by atoms with Crippen LogP contribution in [-0.2, 0) is 4.79 Å². The van der Waals surface area contributed by atoms with E-state index in [1.54, 1.807) is 24.3 Å². The molecule has 3 aromatic rings. The van der Waals surface area contributed by atoms with E-state index in [1.807, 2.05) is 24.3 Å². The van der Waals surface area contributed by atoms with Crippen LogP contribution in [0.1, 0.15) is 38.4 Å². The van der Waals surface area contributed by atoms with Crippen LogP contribution in [0.3, 0.4) is 0 Å².